The van der Waals surface area contributed by atoms with Gasteiger partial charge in [0.05, 0.1) is 12.7 Å². The van der Waals surface area contributed by atoms with Gasteiger partial charge in [0.2, 0.25) is 0 Å². The van der Waals surface area contributed by atoms with Gasteiger partial charge in [0, 0.05) is 0 Å². The second-order valence-corrected chi connectivity index (χ2v) is 2.76. The quantitative estimate of drug-likeness (QED) is 0.739. The molecule has 5 heteroatoms. The lowest BCUT2D eigenvalue weighted by Gasteiger charge is -1.98. The summed E-state index contributed by atoms with van der Waals surface area (Å²) in [6, 6.07) is 9.89. The Morgan fingerprint density at radius 2 is 1.93 bits per heavy atom. The molecule has 2 rings (SSSR count). The number of nitrogens with zero attached hydrogens (tertiary/aromatic N) is 3. The topological polar surface area (TPSA) is 82.4 Å². The van der Waals surface area contributed by atoms with Crippen molar-refractivity contribution in [2.45, 2.75) is 6.54 Å². The van der Waals surface area contributed by atoms with Crippen molar-refractivity contribution in [1.29, 1.82) is 0 Å². The normalized spacial score (nSPS) is 9.43. The van der Waals surface area contributed by atoms with Gasteiger partial charge in [0.1, 0.15) is 0 Å². The molecule has 2 aromatic rings. The number of aromatic hydroxyl groups is 1. The van der Waals surface area contributed by atoms with Crippen molar-refractivity contribution >= 4 is 0 Å². The smallest absolute Gasteiger partial charge is 0.251 e. The van der Waals surface area contributed by atoms with Gasteiger partial charge in [-0.1, -0.05) is 40.6 Å². The van der Waals surface area contributed by atoms with E-state index in [-0.39, 0.29) is 11.4 Å². The number of benzene rings is 1. The second kappa shape index (κ2) is 4.38. The van der Waals surface area contributed by atoms with Crippen LogP contribution in [-0.4, -0.2) is 25.6 Å². The molecule has 1 heterocycles. The molecule has 0 spiro atoms. The SMILES string of the molecule is O.Oc1cn(Cc2ccccc2)nn1. The zero-order chi connectivity index (χ0) is 9.10. The Hall–Kier alpha value is -1.88. The fourth-order valence-corrected chi connectivity index (χ4v) is 1.14. The molecule has 0 unspecified atom stereocenters. The van der Waals surface area contributed by atoms with Gasteiger partial charge in [0.25, 0.3) is 5.88 Å². The maximum atomic E-state index is 8.94. The number of hydrogen-bond acceptors (Lipinski definition) is 3. The van der Waals surface area contributed by atoms with Crippen molar-refractivity contribution in [1.82, 2.24) is 15.0 Å². The first kappa shape index (κ1) is 10.2. The molecule has 1 aromatic carbocycles. The van der Waals surface area contributed by atoms with E-state index >= 15 is 0 Å². The molecule has 0 atom stereocenters. The van der Waals surface area contributed by atoms with Crippen LogP contribution in [-0.2, 0) is 6.54 Å². The van der Waals surface area contributed by atoms with E-state index in [0.717, 1.165) is 5.56 Å². The highest BCUT2D eigenvalue weighted by atomic mass is 16.3. The predicted octanol–water partition coefficient (Wildman–Crippen LogP) is 0.207. The summed E-state index contributed by atoms with van der Waals surface area (Å²) < 4.78 is 1.59. The summed E-state index contributed by atoms with van der Waals surface area (Å²) in [4.78, 5) is 0. The summed E-state index contributed by atoms with van der Waals surface area (Å²) in [7, 11) is 0. The summed E-state index contributed by atoms with van der Waals surface area (Å²) in [5, 5.41) is 16.1. The molecule has 14 heavy (non-hydrogen) atoms. The van der Waals surface area contributed by atoms with Crippen molar-refractivity contribution in [3.8, 4) is 5.88 Å². The van der Waals surface area contributed by atoms with Crippen LogP contribution < -0.4 is 0 Å². The summed E-state index contributed by atoms with van der Waals surface area (Å²) in [6.07, 6.45) is 1.49. The fourth-order valence-electron chi connectivity index (χ4n) is 1.14. The number of hydrogen-bond donors (Lipinski definition) is 1. The highest BCUT2D eigenvalue weighted by Crippen LogP contribution is 2.04. The molecule has 0 radical (unpaired) electrons. The van der Waals surface area contributed by atoms with Gasteiger partial charge < -0.3 is 10.6 Å². The average molecular weight is 193 g/mol. The Kier molecular flexibility index (Phi) is 3.19. The first-order valence-electron chi connectivity index (χ1n) is 3.97. The van der Waals surface area contributed by atoms with Crippen molar-refractivity contribution in [3.05, 3.63) is 42.1 Å². The van der Waals surface area contributed by atoms with E-state index < -0.39 is 0 Å². The zero-order valence-corrected chi connectivity index (χ0v) is 7.46. The molecule has 0 saturated heterocycles. The molecule has 5 nitrogen and oxygen atoms in total. The molecular weight excluding hydrogens is 182 g/mol. The van der Waals surface area contributed by atoms with E-state index in [1.54, 1.807) is 4.68 Å². The van der Waals surface area contributed by atoms with Gasteiger partial charge in [-0.3, -0.25) is 0 Å². The molecule has 0 aliphatic heterocycles. The number of aromatic nitrogens is 3. The molecule has 0 aliphatic rings. The summed E-state index contributed by atoms with van der Waals surface area (Å²) in [6.45, 7) is 0.633. The van der Waals surface area contributed by atoms with Gasteiger partial charge in [-0.15, -0.1) is 0 Å². The predicted molar refractivity (Wildman–Crippen MR) is 50.8 cm³/mol. The van der Waals surface area contributed by atoms with E-state index in [9.17, 15) is 0 Å². The van der Waals surface area contributed by atoms with Crippen LogP contribution in [0.25, 0.3) is 0 Å². The standard InChI is InChI=1S/C9H9N3O.H2O/c13-9-7-12(11-10-9)6-8-4-2-1-3-5-8;/h1-5,7,13H,6H2;1H2. The van der Waals surface area contributed by atoms with Crippen LogP contribution in [0.2, 0.25) is 0 Å². The lowest BCUT2D eigenvalue weighted by Crippen LogP contribution is -1.99. The summed E-state index contributed by atoms with van der Waals surface area (Å²) in [5.41, 5.74) is 1.13. The first-order valence-corrected chi connectivity index (χ1v) is 3.97. The van der Waals surface area contributed by atoms with Gasteiger partial charge in [-0.2, -0.15) is 0 Å². The van der Waals surface area contributed by atoms with Crippen LogP contribution in [0.5, 0.6) is 5.88 Å². The molecule has 0 amide bonds. The van der Waals surface area contributed by atoms with E-state index in [1.165, 1.54) is 6.20 Å². The van der Waals surface area contributed by atoms with Crippen molar-refractivity contribution in [2.24, 2.45) is 0 Å². The second-order valence-electron chi connectivity index (χ2n) is 2.76. The van der Waals surface area contributed by atoms with E-state index in [0.29, 0.717) is 6.54 Å². The van der Waals surface area contributed by atoms with Crippen molar-refractivity contribution < 1.29 is 10.6 Å². The third kappa shape index (κ3) is 2.30. The summed E-state index contributed by atoms with van der Waals surface area (Å²) >= 11 is 0. The molecule has 3 N–H and O–H groups in total. The lowest BCUT2D eigenvalue weighted by molar-refractivity contribution is 0.452. The van der Waals surface area contributed by atoms with Crippen LogP contribution in [0.15, 0.2) is 36.5 Å². The van der Waals surface area contributed by atoms with Crippen LogP contribution in [0.1, 0.15) is 5.56 Å². The molecule has 1 aromatic heterocycles. The Labute approximate surface area is 80.9 Å². The minimum Gasteiger partial charge on any atom is -0.491 e. The average Bonchev–Trinajstić information content (AvgIpc) is 2.53. The van der Waals surface area contributed by atoms with E-state index in [1.807, 2.05) is 30.3 Å². The molecular formula is C9H11N3O2. The minimum atomic E-state index is -0.0454. The Morgan fingerprint density at radius 3 is 2.50 bits per heavy atom. The van der Waals surface area contributed by atoms with Crippen LogP contribution >= 0.6 is 0 Å². The Balaban J connectivity index is 0.000000980. The molecule has 0 fully saturated rings. The largest absolute Gasteiger partial charge is 0.491 e. The third-order valence-corrected chi connectivity index (χ3v) is 1.71. The maximum Gasteiger partial charge on any atom is 0.251 e. The van der Waals surface area contributed by atoms with E-state index in [4.69, 9.17) is 5.11 Å². The monoisotopic (exact) mass is 193 g/mol. The van der Waals surface area contributed by atoms with E-state index in [2.05, 4.69) is 10.3 Å². The van der Waals surface area contributed by atoms with Crippen LogP contribution in [0, 0.1) is 0 Å². The molecule has 74 valence electrons. The Bertz CT molecular complexity index is 386. The van der Waals surface area contributed by atoms with Gasteiger partial charge in [-0.25, -0.2) is 4.68 Å². The van der Waals surface area contributed by atoms with Gasteiger partial charge >= 0.3 is 0 Å². The minimum absolute atomic E-state index is 0. The summed E-state index contributed by atoms with van der Waals surface area (Å²) in [5.74, 6) is -0.0454. The zero-order valence-electron chi connectivity index (χ0n) is 7.46. The maximum absolute atomic E-state index is 8.94. The van der Waals surface area contributed by atoms with Crippen LogP contribution in [0.4, 0.5) is 0 Å². The Morgan fingerprint density at radius 1 is 1.21 bits per heavy atom. The lowest BCUT2D eigenvalue weighted by atomic mass is 10.2. The third-order valence-electron chi connectivity index (χ3n) is 1.71. The highest BCUT2D eigenvalue weighted by Gasteiger charge is 1.97. The van der Waals surface area contributed by atoms with Gasteiger partial charge in [0.15, 0.2) is 0 Å². The van der Waals surface area contributed by atoms with Crippen LogP contribution in [0.3, 0.4) is 0 Å². The highest BCUT2D eigenvalue weighted by molar-refractivity contribution is 5.15. The molecule has 0 saturated carbocycles. The fraction of sp³-hybridized carbons (Fsp3) is 0.111. The molecule has 0 aliphatic carbocycles. The molecule has 0 bridgehead atoms. The number of rotatable bonds is 2. The van der Waals surface area contributed by atoms with Crippen molar-refractivity contribution in [2.75, 3.05) is 0 Å². The first-order chi connectivity index (χ1) is 6.34. The van der Waals surface area contributed by atoms with Crippen molar-refractivity contribution in [3.63, 3.8) is 0 Å². The van der Waals surface area contributed by atoms with Gasteiger partial charge in [-0.05, 0) is 5.56 Å².